The number of hydrogen-bond acceptors (Lipinski definition) is 4. The summed E-state index contributed by atoms with van der Waals surface area (Å²) in [5.74, 6) is 1.51. The van der Waals surface area contributed by atoms with Crippen molar-refractivity contribution in [3.05, 3.63) is 22.2 Å². The molecule has 1 fully saturated rings. The zero-order valence-electron chi connectivity index (χ0n) is 10.9. The van der Waals surface area contributed by atoms with Gasteiger partial charge in [0.25, 0.3) is 0 Å². The van der Waals surface area contributed by atoms with Gasteiger partial charge in [-0.3, -0.25) is 0 Å². The fraction of sp³-hybridized carbons (Fsp3) is 0.462. The minimum atomic E-state index is 0.411. The number of tetrazole rings is 1. The summed E-state index contributed by atoms with van der Waals surface area (Å²) in [4.78, 5) is 0. The first-order valence-corrected chi connectivity index (χ1v) is 7.42. The van der Waals surface area contributed by atoms with Crippen molar-refractivity contribution in [3.63, 3.8) is 0 Å². The van der Waals surface area contributed by atoms with Gasteiger partial charge >= 0.3 is 0 Å². The summed E-state index contributed by atoms with van der Waals surface area (Å²) in [5.41, 5.74) is 7.03. The van der Waals surface area contributed by atoms with E-state index in [9.17, 15) is 0 Å². The molecule has 1 aromatic carbocycles. The summed E-state index contributed by atoms with van der Waals surface area (Å²) in [6.07, 6.45) is 5.01. The van der Waals surface area contributed by atoms with Gasteiger partial charge in [-0.25, -0.2) is 4.68 Å². The molecule has 0 atom stereocenters. The maximum absolute atomic E-state index is 6.23. The van der Waals surface area contributed by atoms with Crippen molar-refractivity contribution in [3.8, 4) is 11.4 Å². The van der Waals surface area contributed by atoms with Gasteiger partial charge in [-0.15, -0.1) is 5.10 Å². The van der Waals surface area contributed by atoms with Crippen LogP contribution in [0.4, 0.5) is 5.69 Å². The predicted molar refractivity (Wildman–Crippen MR) is 79.6 cm³/mol. The molecule has 106 valence electrons. The SMILES string of the molecule is Nc1cc(Cl)c(Cl)c(-c2nnnn2CCCC2CC2)c1. The molecular weight excluding hydrogens is 297 g/mol. The van der Waals surface area contributed by atoms with E-state index in [1.54, 1.807) is 16.8 Å². The Bertz CT molecular complexity index is 621. The van der Waals surface area contributed by atoms with E-state index in [1.807, 2.05) is 0 Å². The maximum atomic E-state index is 6.23. The summed E-state index contributed by atoms with van der Waals surface area (Å²) >= 11 is 12.3. The lowest BCUT2D eigenvalue weighted by Gasteiger charge is -2.08. The standard InChI is InChI=1S/C13H15Cl2N5/c14-11-7-9(16)6-10(12(11)15)13-17-18-19-20(13)5-1-2-8-3-4-8/h6-8H,1-5,16H2. The third kappa shape index (κ3) is 2.88. The number of aryl methyl sites for hydroxylation is 1. The Morgan fingerprint density at radius 1 is 1.30 bits per heavy atom. The molecule has 7 heteroatoms. The Hall–Kier alpha value is -1.33. The van der Waals surface area contributed by atoms with E-state index in [4.69, 9.17) is 28.9 Å². The second-order valence-electron chi connectivity index (χ2n) is 5.18. The van der Waals surface area contributed by atoms with Crippen LogP contribution in [0.25, 0.3) is 11.4 Å². The van der Waals surface area contributed by atoms with E-state index in [-0.39, 0.29) is 0 Å². The molecule has 2 aromatic rings. The van der Waals surface area contributed by atoms with Gasteiger partial charge in [0, 0.05) is 17.8 Å². The Labute approximate surface area is 127 Å². The van der Waals surface area contributed by atoms with E-state index in [0.29, 0.717) is 27.1 Å². The lowest BCUT2D eigenvalue weighted by Crippen LogP contribution is -2.04. The number of rotatable bonds is 5. The van der Waals surface area contributed by atoms with Crippen LogP contribution in [0.1, 0.15) is 25.7 Å². The molecule has 0 bridgehead atoms. The molecule has 1 aromatic heterocycles. The zero-order chi connectivity index (χ0) is 14.1. The molecule has 0 unspecified atom stereocenters. The highest BCUT2D eigenvalue weighted by atomic mass is 35.5. The zero-order valence-corrected chi connectivity index (χ0v) is 12.4. The first-order chi connectivity index (χ1) is 9.65. The highest BCUT2D eigenvalue weighted by Gasteiger charge is 2.21. The fourth-order valence-corrected chi connectivity index (χ4v) is 2.68. The van der Waals surface area contributed by atoms with Gasteiger partial charge in [-0.05, 0) is 41.3 Å². The molecule has 1 saturated carbocycles. The molecule has 0 amide bonds. The predicted octanol–water partition coefficient (Wildman–Crippen LogP) is 3.42. The molecule has 20 heavy (non-hydrogen) atoms. The van der Waals surface area contributed by atoms with Crippen LogP contribution in [0.15, 0.2) is 12.1 Å². The molecule has 0 radical (unpaired) electrons. The lowest BCUT2D eigenvalue weighted by molar-refractivity contribution is 0.527. The van der Waals surface area contributed by atoms with E-state index in [0.717, 1.165) is 18.9 Å². The molecule has 1 aliphatic carbocycles. The smallest absolute Gasteiger partial charge is 0.183 e. The van der Waals surface area contributed by atoms with Gasteiger partial charge in [0.05, 0.1) is 10.0 Å². The average molecular weight is 312 g/mol. The minimum absolute atomic E-state index is 0.411. The average Bonchev–Trinajstić information content (AvgIpc) is 3.11. The molecule has 3 rings (SSSR count). The van der Waals surface area contributed by atoms with Crippen LogP contribution >= 0.6 is 23.2 Å². The van der Waals surface area contributed by atoms with E-state index >= 15 is 0 Å². The van der Waals surface area contributed by atoms with Crippen LogP contribution in [0.5, 0.6) is 0 Å². The molecule has 0 aliphatic heterocycles. The Morgan fingerprint density at radius 2 is 2.10 bits per heavy atom. The summed E-state index contributed by atoms with van der Waals surface area (Å²) in [6, 6.07) is 3.37. The number of aromatic nitrogens is 4. The van der Waals surface area contributed by atoms with Gasteiger partial charge in [0.1, 0.15) is 0 Å². The maximum Gasteiger partial charge on any atom is 0.183 e. The lowest BCUT2D eigenvalue weighted by atomic mass is 10.2. The topological polar surface area (TPSA) is 69.6 Å². The monoisotopic (exact) mass is 311 g/mol. The van der Waals surface area contributed by atoms with Crippen LogP contribution in [-0.4, -0.2) is 20.2 Å². The van der Waals surface area contributed by atoms with Crippen LogP contribution in [0, 0.1) is 5.92 Å². The first-order valence-electron chi connectivity index (χ1n) is 6.66. The molecular formula is C13H15Cl2N5. The van der Waals surface area contributed by atoms with Crippen molar-refractivity contribution in [1.82, 2.24) is 20.2 Å². The molecule has 0 saturated heterocycles. The summed E-state index contributed by atoms with van der Waals surface area (Å²) in [5, 5.41) is 12.6. The van der Waals surface area contributed by atoms with Gasteiger partial charge in [0.15, 0.2) is 5.82 Å². The van der Waals surface area contributed by atoms with Crippen LogP contribution < -0.4 is 5.73 Å². The summed E-state index contributed by atoms with van der Waals surface area (Å²) in [6.45, 7) is 0.779. The van der Waals surface area contributed by atoms with Gasteiger partial charge in [-0.1, -0.05) is 36.0 Å². The van der Waals surface area contributed by atoms with Gasteiger partial charge in [0.2, 0.25) is 0 Å². The number of nitrogens with zero attached hydrogens (tertiary/aromatic N) is 4. The number of nitrogen functional groups attached to an aromatic ring is 1. The van der Waals surface area contributed by atoms with Crippen molar-refractivity contribution in [1.29, 1.82) is 0 Å². The Morgan fingerprint density at radius 3 is 2.85 bits per heavy atom. The largest absolute Gasteiger partial charge is 0.399 e. The fourth-order valence-electron chi connectivity index (χ4n) is 2.26. The van der Waals surface area contributed by atoms with E-state index in [1.165, 1.54) is 19.3 Å². The van der Waals surface area contributed by atoms with Crippen molar-refractivity contribution in [2.24, 2.45) is 5.92 Å². The van der Waals surface area contributed by atoms with Crippen molar-refractivity contribution in [2.75, 3.05) is 5.73 Å². The number of benzene rings is 1. The number of hydrogen-bond donors (Lipinski definition) is 1. The number of nitrogens with two attached hydrogens (primary N) is 1. The third-order valence-electron chi connectivity index (χ3n) is 3.50. The van der Waals surface area contributed by atoms with Gasteiger partial charge in [-0.2, -0.15) is 0 Å². The van der Waals surface area contributed by atoms with Crippen LogP contribution in [-0.2, 0) is 6.54 Å². The Balaban J connectivity index is 1.84. The quantitative estimate of drug-likeness (QED) is 0.859. The Kier molecular flexibility index (Phi) is 3.81. The summed E-state index contributed by atoms with van der Waals surface area (Å²) in [7, 11) is 0. The van der Waals surface area contributed by atoms with Gasteiger partial charge < -0.3 is 5.73 Å². The third-order valence-corrected chi connectivity index (χ3v) is 4.30. The van der Waals surface area contributed by atoms with E-state index < -0.39 is 0 Å². The van der Waals surface area contributed by atoms with Crippen molar-refractivity contribution < 1.29 is 0 Å². The summed E-state index contributed by atoms with van der Waals surface area (Å²) < 4.78 is 1.76. The van der Waals surface area contributed by atoms with Crippen molar-refractivity contribution in [2.45, 2.75) is 32.2 Å². The number of anilines is 1. The molecule has 1 heterocycles. The molecule has 1 aliphatic rings. The highest BCUT2D eigenvalue weighted by molar-refractivity contribution is 6.43. The first kappa shape index (κ1) is 13.6. The molecule has 2 N–H and O–H groups in total. The minimum Gasteiger partial charge on any atom is -0.399 e. The van der Waals surface area contributed by atoms with Crippen LogP contribution in [0.2, 0.25) is 10.0 Å². The normalized spacial score (nSPS) is 14.7. The molecule has 0 spiro atoms. The highest BCUT2D eigenvalue weighted by Crippen LogP contribution is 2.35. The van der Waals surface area contributed by atoms with Crippen LogP contribution in [0.3, 0.4) is 0 Å². The van der Waals surface area contributed by atoms with E-state index in [2.05, 4.69) is 15.5 Å². The number of halogens is 2. The second kappa shape index (κ2) is 5.58. The van der Waals surface area contributed by atoms with Crippen molar-refractivity contribution >= 4 is 28.9 Å². The second-order valence-corrected chi connectivity index (χ2v) is 5.96. The molecule has 5 nitrogen and oxygen atoms in total.